The first-order chi connectivity index (χ1) is 11.3. The lowest BCUT2D eigenvalue weighted by Gasteiger charge is -2.15. The third-order valence-electron chi connectivity index (χ3n) is 3.22. The summed E-state index contributed by atoms with van der Waals surface area (Å²) in [5, 5.41) is 25.1. The van der Waals surface area contributed by atoms with Crippen molar-refractivity contribution in [1.29, 1.82) is 0 Å². The molecular formula is C15H22N4O5. The Balaban J connectivity index is 2.49. The predicted octanol–water partition coefficient (Wildman–Crippen LogP) is 0.918. The van der Waals surface area contributed by atoms with E-state index in [0.717, 1.165) is 13.0 Å². The zero-order valence-electron chi connectivity index (χ0n) is 13.7. The molecule has 0 spiro atoms. The molecule has 0 aromatic heterocycles. The molecule has 0 fully saturated rings. The van der Waals surface area contributed by atoms with Gasteiger partial charge >= 0.3 is 5.97 Å². The van der Waals surface area contributed by atoms with Gasteiger partial charge in [0.1, 0.15) is 6.04 Å². The van der Waals surface area contributed by atoms with E-state index in [2.05, 4.69) is 10.6 Å². The molecule has 0 aliphatic heterocycles. The van der Waals surface area contributed by atoms with Gasteiger partial charge in [-0.2, -0.15) is 0 Å². The number of carbonyl (C=O) groups excluding carboxylic acids is 1. The van der Waals surface area contributed by atoms with Crippen molar-refractivity contribution in [2.24, 2.45) is 0 Å². The van der Waals surface area contributed by atoms with Crippen molar-refractivity contribution in [3.63, 3.8) is 0 Å². The molecule has 1 aromatic carbocycles. The zero-order chi connectivity index (χ0) is 18.1. The largest absolute Gasteiger partial charge is 0.480 e. The van der Waals surface area contributed by atoms with Gasteiger partial charge in [0.15, 0.2) is 0 Å². The highest BCUT2D eigenvalue weighted by atomic mass is 16.6. The van der Waals surface area contributed by atoms with Gasteiger partial charge in [0, 0.05) is 17.8 Å². The topological polar surface area (TPSA) is 125 Å². The lowest BCUT2D eigenvalue weighted by atomic mass is 10.2. The average Bonchev–Trinajstić information content (AvgIpc) is 2.50. The molecule has 132 valence electrons. The maximum absolute atomic E-state index is 11.9. The molecular weight excluding hydrogens is 316 g/mol. The second-order valence-electron chi connectivity index (χ2n) is 5.56. The maximum atomic E-state index is 11.9. The summed E-state index contributed by atoms with van der Waals surface area (Å²) in [7, 11) is 3.85. The Morgan fingerprint density at radius 3 is 2.42 bits per heavy atom. The summed E-state index contributed by atoms with van der Waals surface area (Å²) in [6, 6.07) is 4.35. The Morgan fingerprint density at radius 1 is 1.29 bits per heavy atom. The van der Waals surface area contributed by atoms with Crippen molar-refractivity contribution in [2.45, 2.75) is 18.9 Å². The van der Waals surface area contributed by atoms with Gasteiger partial charge in [-0.15, -0.1) is 0 Å². The van der Waals surface area contributed by atoms with Crippen LogP contribution in [0.1, 0.15) is 12.8 Å². The van der Waals surface area contributed by atoms with Gasteiger partial charge in [-0.05, 0) is 45.7 Å². The Morgan fingerprint density at radius 2 is 1.92 bits per heavy atom. The summed E-state index contributed by atoms with van der Waals surface area (Å²) in [4.78, 5) is 35.1. The van der Waals surface area contributed by atoms with E-state index in [-0.39, 0.29) is 12.1 Å². The Bertz CT molecular complexity index is 574. The number of carboxylic acid groups (broad SMARTS) is 1. The molecule has 9 heteroatoms. The number of rotatable bonds is 10. The van der Waals surface area contributed by atoms with Gasteiger partial charge in [-0.1, -0.05) is 0 Å². The number of benzene rings is 1. The summed E-state index contributed by atoms with van der Waals surface area (Å²) >= 11 is 0. The molecule has 0 radical (unpaired) electrons. The van der Waals surface area contributed by atoms with Gasteiger partial charge in [-0.3, -0.25) is 19.7 Å². The van der Waals surface area contributed by atoms with Crippen molar-refractivity contribution in [3.8, 4) is 0 Å². The summed E-state index contributed by atoms with van der Waals surface area (Å²) < 4.78 is 0. The number of amides is 1. The van der Waals surface area contributed by atoms with Crippen molar-refractivity contribution in [1.82, 2.24) is 10.2 Å². The number of nitro groups is 1. The van der Waals surface area contributed by atoms with Gasteiger partial charge in [-0.25, -0.2) is 0 Å². The van der Waals surface area contributed by atoms with Crippen LogP contribution in [0.5, 0.6) is 0 Å². The van der Waals surface area contributed by atoms with Crippen LogP contribution < -0.4 is 10.6 Å². The second kappa shape index (κ2) is 9.58. The van der Waals surface area contributed by atoms with E-state index >= 15 is 0 Å². The Kier molecular flexibility index (Phi) is 7.80. The number of nitrogens with one attached hydrogen (secondary N) is 2. The van der Waals surface area contributed by atoms with E-state index in [0.29, 0.717) is 12.2 Å². The molecule has 1 aromatic rings. The zero-order valence-corrected chi connectivity index (χ0v) is 13.7. The van der Waals surface area contributed by atoms with Gasteiger partial charge in [0.25, 0.3) is 5.69 Å². The maximum Gasteiger partial charge on any atom is 0.321 e. The van der Waals surface area contributed by atoms with Crippen LogP contribution in [-0.2, 0) is 9.59 Å². The van der Waals surface area contributed by atoms with E-state index in [9.17, 15) is 19.7 Å². The molecule has 1 unspecified atom stereocenters. The van der Waals surface area contributed by atoms with Crippen LogP contribution >= 0.6 is 0 Å². The van der Waals surface area contributed by atoms with E-state index in [1.54, 1.807) is 0 Å². The quantitative estimate of drug-likeness (QED) is 0.329. The SMILES string of the molecule is CN(C)CCCNC(CC(=O)Nc1ccc([N+](=O)[O-])cc1)C(=O)O. The van der Waals surface area contributed by atoms with E-state index in [1.165, 1.54) is 24.3 Å². The molecule has 0 aliphatic rings. The first kappa shape index (κ1) is 19.5. The fourth-order valence-electron chi connectivity index (χ4n) is 1.98. The third kappa shape index (κ3) is 7.16. The molecule has 1 atom stereocenters. The standard InChI is InChI=1S/C15H22N4O5/c1-18(2)9-3-8-16-13(15(21)22)10-14(20)17-11-4-6-12(7-5-11)19(23)24/h4-7,13,16H,3,8-10H2,1-2H3,(H,17,20)(H,21,22). The van der Waals surface area contributed by atoms with Crippen molar-refractivity contribution in [2.75, 3.05) is 32.5 Å². The number of hydrogen-bond acceptors (Lipinski definition) is 6. The van der Waals surface area contributed by atoms with Crippen LogP contribution in [0.4, 0.5) is 11.4 Å². The number of carbonyl (C=O) groups is 2. The molecule has 0 saturated heterocycles. The average molecular weight is 338 g/mol. The predicted molar refractivity (Wildman–Crippen MR) is 88.9 cm³/mol. The first-order valence-electron chi connectivity index (χ1n) is 7.45. The molecule has 0 bridgehead atoms. The van der Waals surface area contributed by atoms with Crippen LogP contribution in [-0.4, -0.2) is 60.0 Å². The summed E-state index contributed by atoms with van der Waals surface area (Å²) in [6.45, 7) is 1.30. The number of hydrogen-bond donors (Lipinski definition) is 3. The lowest BCUT2D eigenvalue weighted by Crippen LogP contribution is -2.40. The molecule has 24 heavy (non-hydrogen) atoms. The first-order valence-corrected chi connectivity index (χ1v) is 7.45. The minimum absolute atomic E-state index is 0.0843. The van der Waals surface area contributed by atoms with Crippen LogP contribution in [0.15, 0.2) is 24.3 Å². The fourth-order valence-corrected chi connectivity index (χ4v) is 1.98. The Labute approximate surface area is 139 Å². The lowest BCUT2D eigenvalue weighted by molar-refractivity contribution is -0.384. The normalized spacial score (nSPS) is 12.0. The number of anilines is 1. The molecule has 0 saturated carbocycles. The molecule has 9 nitrogen and oxygen atoms in total. The number of nitro benzene ring substituents is 1. The summed E-state index contributed by atoms with van der Waals surface area (Å²) in [6.07, 6.45) is 0.537. The fraction of sp³-hybridized carbons (Fsp3) is 0.467. The number of non-ortho nitro benzene ring substituents is 1. The van der Waals surface area contributed by atoms with Crippen LogP contribution in [0.25, 0.3) is 0 Å². The van der Waals surface area contributed by atoms with Crippen LogP contribution in [0, 0.1) is 10.1 Å². The molecule has 1 amide bonds. The summed E-state index contributed by atoms with van der Waals surface area (Å²) in [5.41, 5.74) is 0.293. The smallest absolute Gasteiger partial charge is 0.321 e. The molecule has 0 aliphatic carbocycles. The minimum Gasteiger partial charge on any atom is -0.480 e. The van der Waals surface area contributed by atoms with Crippen LogP contribution in [0.3, 0.4) is 0 Å². The highest BCUT2D eigenvalue weighted by Crippen LogP contribution is 2.15. The number of nitrogens with zero attached hydrogens (tertiary/aromatic N) is 2. The third-order valence-corrected chi connectivity index (χ3v) is 3.22. The monoisotopic (exact) mass is 338 g/mol. The van der Waals surface area contributed by atoms with Gasteiger partial charge < -0.3 is 20.6 Å². The second-order valence-corrected chi connectivity index (χ2v) is 5.56. The molecule has 1 rings (SSSR count). The molecule has 3 N–H and O–H groups in total. The highest BCUT2D eigenvalue weighted by Gasteiger charge is 2.20. The number of carboxylic acids is 1. The minimum atomic E-state index is -1.10. The summed E-state index contributed by atoms with van der Waals surface area (Å²) in [5.74, 6) is -1.57. The molecule has 0 heterocycles. The van der Waals surface area contributed by atoms with E-state index in [1.807, 2.05) is 19.0 Å². The Hall–Kier alpha value is -2.52. The number of aliphatic carboxylic acids is 1. The van der Waals surface area contributed by atoms with Gasteiger partial charge in [0.05, 0.1) is 11.3 Å². The van der Waals surface area contributed by atoms with E-state index in [4.69, 9.17) is 5.11 Å². The van der Waals surface area contributed by atoms with Crippen molar-refractivity contribution in [3.05, 3.63) is 34.4 Å². The van der Waals surface area contributed by atoms with Crippen LogP contribution in [0.2, 0.25) is 0 Å². The van der Waals surface area contributed by atoms with E-state index < -0.39 is 22.8 Å². The van der Waals surface area contributed by atoms with Crippen molar-refractivity contribution < 1.29 is 19.6 Å². The van der Waals surface area contributed by atoms with Gasteiger partial charge in [0.2, 0.25) is 5.91 Å². The van der Waals surface area contributed by atoms with Crippen molar-refractivity contribution >= 4 is 23.3 Å². The highest BCUT2D eigenvalue weighted by molar-refractivity contribution is 5.94.